The van der Waals surface area contributed by atoms with E-state index in [-0.39, 0.29) is 5.54 Å². The fourth-order valence-electron chi connectivity index (χ4n) is 3.33. The maximum absolute atomic E-state index is 5.72. The molecule has 1 N–H and O–H groups in total. The van der Waals surface area contributed by atoms with Crippen LogP contribution >= 0.6 is 0 Å². The van der Waals surface area contributed by atoms with Crippen LogP contribution in [-0.2, 0) is 12.0 Å². The minimum atomic E-state index is 0.192. The third-order valence-electron chi connectivity index (χ3n) is 4.23. The molecule has 2 heterocycles. The van der Waals surface area contributed by atoms with E-state index in [1.165, 1.54) is 37.0 Å². The molecule has 0 bridgehead atoms. The zero-order valence-corrected chi connectivity index (χ0v) is 9.38. The lowest BCUT2D eigenvalue weighted by atomic mass is 9.86. The fraction of sp³-hybridized carbons (Fsp3) is 0.692. The van der Waals surface area contributed by atoms with E-state index in [1.807, 2.05) is 6.26 Å². The summed E-state index contributed by atoms with van der Waals surface area (Å²) in [6.07, 6.45) is 8.17. The van der Waals surface area contributed by atoms with Crippen molar-refractivity contribution in [1.82, 2.24) is 5.32 Å². The average Bonchev–Trinajstić information content (AvgIpc) is 2.86. The van der Waals surface area contributed by atoms with Gasteiger partial charge in [0.1, 0.15) is 5.76 Å². The molecule has 3 rings (SSSR count). The van der Waals surface area contributed by atoms with Gasteiger partial charge in [0.25, 0.3) is 0 Å². The molecule has 2 heteroatoms. The van der Waals surface area contributed by atoms with Crippen LogP contribution in [0.2, 0.25) is 0 Å². The standard InChI is InChI=1S/C13H19NO/c1-2-10-3-6-13(9-10)12-11(4-7-14-13)5-8-15-12/h5,8,10,14H,2-4,6-7,9H2,1H3. The van der Waals surface area contributed by atoms with Crippen molar-refractivity contribution in [2.24, 2.45) is 5.92 Å². The van der Waals surface area contributed by atoms with Crippen LogP contribution in [0.4, 0.5) is 0 Å². The second kappa shape index (κ2) is 3.38. The molecule has 15 heavy (non-hydrogen) atoms. The highest BCUT2D eigenvalue weighted by molar-refractivity contribution is 5.29. The van der Waals surface area contributed by atoms with E-state index in [0.717, 1.165) is 18.9 Å². The number of hydrogen-bond donors (Lipinski definition) is 1. The summed E-state index contributed by atoms with van der Waals surface area (Å²) < 4.78 is 5.72. The molecule has 2 nitrogen and oxygen atoms in total. The molecule has 0 aromatic carbocycles. The molecule has 2 unspecified atom stereocenters. The average molecular weight is 205 g/mol. The largest absolute Gasteiger partial charge is 0.467 e. The van der Waals surface area contributed by atoms with Gasteiger partial charge < -0.3 is 9.73 Å². The van der Waals surface area contributed by atoms with Crippen molar-refractivity contribution in [3.8, 4) is 0 Å². The number of furan rings is 1. The first-order valence-corrected chi connectivity index (χ1v) is 6.16. The Morgan fingerprint density at radius 2 is 2.53 bits per heavy atom. The Bertz CT molecular complexity index is 357. The molecule has 2 atom stereocenters. The molecule has 0 amide bonds. The quantitative estimate of drug-likeness (QED) is 0.762. The van der Waals surface area contributed by atoms with E-state index in [9.17, 15) is 0 Å². The van der Waals surface area contributed by atoms with Gasteiger partial charge in [-0.3, -0.25) is 0 Å². The lowest BCUT2D eigenvalue weighted by molar-refractivity contribution is 0.250. The highest BCUT2D eigenvalue weighted by Gasteiger charge is 2.44. The third-order valence-corrected chi connectivity index (χ3v) is 4.23. The van der Waals surface area contributed by atoms with Gasteiger partial charge >= 0.3 is 0 Å². The maximum atomic E-state index is 5.72. The van der Waals surface area contributed by atoms with Crippen LogP contribution in [0.3, 0.4) is 0 Å². The highest BCUT2D eigenvalue weighted by Crippen LogP contribution is 2.46. The van der Waals surface area contributed by atoms with Crippen LogP contribution in [0.1, 0.15) is 43.9 Å². The first kappa shape index (κ1) is 9.46. The maximum Gasteiger partial charge on any atom is 0.127 e. The minimum Gasteiger partial charge on any atom is -0.467 e. The smallest absolute Gasteiger partial charge is 0.127 e. The molecule has 1 fully saturated rings. The Labute approximate surface area is 91.0 Å². The highest BCUT2D eigenvalue weighted by atomic mass is 16.3. The normalized spacial score (nSPS) is 34.6. The van der Waals surface area contributed by atoms with Gasteiger partial charge in [-0.15, -0.1) is 0 Å². The number of rotatable bonds is 1. The van der Waals surface area contributed by atoms with Crippen LogP contribution in [0, 0.1) is 5.92 Å². The first-order valence-electron chi connectivity index (χ1n) is 6.16. The predicted molar refractivity (Wildman–Crippen MR) is 59.7 cm³/mol. The summed E-state index contributed by atoms with van der Waals surface area (Å²) in [6.45, 7) is 3.42. The Hall–Kier alpha value is -0.760. The zero-order chi connectivity index (χ0) is 10.3. The van der Waals surface area contributed by atoms with Crippen molar-refractivity contribution in [2.45, 2.75) is 44.6 Å². The molecule has 1 aliphatic carbocycles. The predicted octanol–water partition coefficient (Wildman–Crippen LogP) is 2.83. The summed E-state index contributed by atoms with van der Waals surface area (Å²) in [4.78, 5) is 0. The third kappa shape index (κ3) is 1.35. The molecule has 0 radical (unpaired) electrons. The summed E-state index contributed by atoms with van der Waals surface area (Å²) in [6, 6.07) is 2.15. The SMILES string of the molecule is CCC1CCC2(C1)NCCc1ccoc12. The summed E-state index contributed by atoms with van der Waals surface area (Å²) in [5.74, 6) is 2.12. The summed E-state index contributed by atoms with van der Waals surface area (Å²) >= 11 is 0. The first-order chi connectivity index (χ1) is 7.34. The molecule has 1 saturated carbocycles. The van der Waals surface area contributed by atoms with Crippen LogP contribution in [0.15, 0.2) is 16.7 Å². The van der Waals surface area contributed by atoms with E-state index >= 15 is 0 Å². The molecule has 1 aromatic rings. The van der Waals surface area contributed by atoms with Crippen molar-refractivity contribution in [3.05, 3.63) is 23.7 Å². The molecule has 2 aliphatic rings. The Morgan fingerprint density at radius 3 is 3.33 bits per heavy atom. The van der Waals surface area contributed by atoms with Crippen molar-refractivity contribution in [2.75, 3.05) is 6.54 Å². The van der Waals surface area contributed by atoms with E-state index in [1.54, 1.807) is 0 Å². The Kier molecular flexibility index (Phi) is 2.13. The van der Waals surface area contributed by atoms with Gasteiger partial charge in [-0.2, -0.15) is 0 Å². The Balaban J connectivity index is 1.95. The summed E-state index contributed by atoms with van der Waals surface area (Å²) in [7, 11) is 0. The van der Waals surface area contributed by atoms with Gasteiger partial charge in [0, 0.05) is 6.54 Å². The summed E-state index contributed by atoms with van der Waals surface area (Å²) in [5.41, 5.74) is 1.63. The minimum absolute atomic E-state index is 0.192. The van der Waals surface area contributed by atoms with Gasteiger partial charge in [0.15, 0.2) is 0 Å². The second-order valence-electron chi connectivity index (χ2n) is 5.05. The lowest BCUT2D eigenvalue weighted by Crippen LogP contribution is -2.44. The van der Waals surface area contributed by atoms with Crippen molar-refractivity contribution in [3.63, 3.8) is 0 Å². The van der Waals surface area contributed by atoms with Gasteiger partial charge in [0.05, 0.1) is 11.8 Å². The number of fused-ring (bicyclic) bond motifs is 2. The molecule has 1 aliphatic heterocycles. The van der Waals surface area contributed by atoms with Crippen molar-refractivity contribution in [1.29, 1.82) is 0 Å². The van der Waals surface area contributed by atoms with Crippen LogP contribution in [-0.4, -0.2) is 6.54 Å². The van der Waals surface area contributed by atoms with Crippen LogP contribution in [0.25, 0.3) is 0 Å². The molecule has 82 valence electrons. The van der Waals surface area contributed by atoms with Crippen molar-refractivity contribution < 1.29 is 4.42 Å². The molecule has 0 saturated heterocycles. The number of nitrogens with one attached hydrogen (secondary N) is 1. The van der Waals surface area contributed by atoms with E-state index in [4.69, 9.17) is 4.42 Å². The topological polar surface area (TPSA) is 25.2 Å². The molecule has 1 spiro atoms. The number of hydrogen-bond acceptors (Lipinski definition) is 2. The van der Waals surface area contributed by atoms with Gasteiger partial charge in [0.2, 0.25) is 0 Å². The zero-order valence-electron chi connectivity index (χ0n) is 9.38. The molecular formula is C13H19NO. The molecule has 1 aromatic heterocycles. The Morgan fingerprint density at radius 1 is 1.60 bits per heavy atom. The van der Waals surface area contributed by atoms with E-state index in [0.29, 0.717) is 0 Å². The van der Waals surface area contributed by atoms with E-state index < -0.39 is 0 Å². The summed E-state index contributed by atoms with van der Waals surface area (Å²) in [5, 5.41) is 3.71. The van der Waals surface area contributed by atoms with Gasteiger partial charge in [-0.1, -0.05) is 13.3 Å². The second-order valence-corrected chi connectivity index (χ2v) is 5.05. The van der Waals surface area contributed by atoms with Gasteiger partial charge in [-0.05, 0) is 43.2 Å². The van der Waals surface area contributed by atoms with Crippen molar-refractivity contribution >= 4 is 0 Å². The fourth-order valence-corrected chi connectivity index (χ4v) is 3.33. The van der Waals surface area contributed by atoms with Gasteiger partial charge in [-0.25, -0.2) is 0 Å². The van der Waals surface area contributed by atoms with E-state index in [2.05, 4.69) is 18.3 Å². The molecular weight excluding hydrogens is 186 g/mol. The van der Waals surface area contributed by atoms with Crippen LogP contribution < -0.4 is 5.32 Å². The lowest BCUT2D eigenvalue weighted by Gasteiger charge is -2.33. The van der Waals surface area contributed by atoms with Crippen LogP contribution in [0.5, 0.6) is 0 Å². The monoisotopic (exact) mass is 205 g/mol.